The third kappa shape index (κ3) is 1.66. The molecule has 0 bridgehead atoms. The van der Waals surface area contributed by atoms with Crippen LogP contribution in [0.3, 0.4) is 0 Å². The molecule has 72 valence electrons. The van der Waals surface area contributed by atoms with Gasteiger partial charge in [-0.1, -0.05) is 24.3 Å². The molecule has 0 spiro atoms. The van der Waals surface area contributed by atoms with Crippen LogP contribution >= 0.6 is 0 Å². The first kappa shape index (κ1) is 9.24. The predicted octanol–water partition coefficient (Wildman–Crippen LogP) is 1.71. The molecule has 0 N–H and O–H groups in total. The molecule has 1 amide bonds. The minimum absolute atomic E-state index is 0.177. The lowest BCUT2D eigenvalue weighted by molar-refractivity contribution is 0.1000. The van der Waals surface area contributed by atoms with Crippen molar-refractivity contribution in [1.82, 2.24) is 4.98 Å². The first-order valence-electron chi connectivity index (χ1n) is 4.29. The maximum Gasteiger partial charge on any atom is 0.306 e. The molecule has 15 heavy (non-hydrogen) atoms. The monoisotopic (exact) mass is 198 g/mol. The van der Waals surface area contributed by atoms with E-state index in [9.17, 15) is 9.59 Å². The molecule has 2 aromatic rings. The molecule has 4 nitrogen and oxygen atoms in total. The SMILES string of the molecule is O=C=NC(=O)c1nccc2ccccc12. The molecular formula is C11H6N2O2. The quantitative estimate of drug-likeness (QED) is 0.517. The van der Waals surface area contributed by atoms with Crippen LogP contribution < -0.4 is 0 Å². The Morgan fingerprint density at radius 3 is 2.87 bits per heavy atom. The number of aromatic nitrogens is 1. The summed E-state index contributed by atoms with van der Waals surface area (Å²) in [7, 11) is 0. The fourth-order valence-electron chi connectivity index (χ4n) is 1.38. The lowest BCUT2D eigenvalue weighted by Gasteiger charge is -1.99. The number of pyridine rings is 1. The van der Waals surface area contributed by atoms with E-state index >= 15 is 0 Å². The Kier molecular flexibility index (Phi) is 2.35. The standard InChI is InChI=1S/C11H6N2O2/c14-7-13-11(15)10-9-4-2-1-3-8(9)5-6-12-10/h1-6H. The summed E-state index contributed by atoms with van der Waals surface area (Å²) in [6.07, 6.45) is 2.73. The topological polar surface area (TPSA) is 59.4 Å². The maximum absolute atomic E-state index is 11.4. The summed E-state index contributed by atoms with van der Waals surface area (Å²) in [5.41, 5.74) is 0.177. The van der Waals surface area contributed by atoms with Gasteiger partial charge in [0.1, 0.15) is 5.69 Å². The van der Waals surface area contributed by atoms with Crippen LogP contribution in [-0.2, 0) is 4.79 Å². The van der Waals surface area contributed by atoms with Gasteiger partial charge >= 0.3 is 5.91 Å². The molecule has 0 aliphatic heterocycles. The normalized spacial score (nSPS) is 9.60. The number of isocyanates is 1. The van der Waals surface area contributed by atoms with Crippen LogP contribution in [0.5, 0.6) is 0 Å². The number of hydrogen-bond donors (Lipinski definition) is 0. The highest BCUT2D eigenvalue weighted by atomic mass is 16.2. The lowest BCUT2D eigenvalue weighted by atomic mass is 10.1. The third-order valence-corrected chi connectivity index (χ3v) is 2.02. The molecule has 1 aromatic carbocycles. The second kappa shape index (κ2) is 3.82. The fourth-order valence-corrected chi connectivity index (χ4v) is 1.38. The van der Waals surface area contributed by atoms with E-state index in [1.165, 1.54) is 12.3 Å². The van der Waals surface area contributed by atoms with Gasteiger partial charge in [0.2, 0.25) is 6.08 Å². The number of carbonyl (C=O) groups excluding carboxylic acids is 2. The van der Waals surface area contributed by atoms with E-state index in [1.807, 2.05) is 12.1 Å². The van der Waals surface area contributed by atoms with E-state index in [1.54, 1.807) is 18.2 Å². The highest BCUT2D eigenvalue weighted by Gasteiger charge is 2.09. The van der Waals surface area contributed by atoms with Gasteiger partial charge in [0.15, 0.2) is 0 Å². The Balaban J connectivity index is 2.71. The molecule has 4 heteroatoms. The van der Waals surface area contributed by atoms with E-state index in [4.69, 9.17) is 0 Å². The van der Waals surface area contributed by atoms with Crippen molar-refractivity contribution in [2.45, 2.75) is 0 Å². The molecule has 0 radical (unpaired) electrons. The minimum atomic E-state index is -0.665. The summed E-state index contributed by atoms with van der Waals surface area (Å²) in [6.45, 7) is 0. The molecule has 1 heterocycles. The number of aliphatic imine (C=N–C) groups is 1. The van der Waals surface area contributed by atoms with Crippen LogP contribution in [0.15, 0.2) is 41.5 Å². The molecule has 2 rings (SSSR count). The van der Waals surface area contributed by atoms with Crippen molar-refractivity contribution >= 4 is 22.8 Å². The third-order valence-electron chi connectivity index (χ3n) is 2.02. The van der Waals surface area contributed by atoms with Crippen molar-refractivity contribution < 1.29 is 9.59 Å². The van der Waals surface area contributed by atoms with Crippen LogP contribution in [0.25, 0.3) is 10.8 Å². The highest BCUT2D eigenvalue weighted by Crippen LogP contribution is 2.16. The first-order valence-corrected chi connectivity index (χ1v) is 4.29. The summed E-state index contributed by atoms with van der Waals surface area (Å²) in [6, 6.07) is 9.07. The van der Waals surface area contributed by atoms with E-state index in [2.05, 4.69) is 9.98 Å². The zero-order valence-corrected chi connectivity index (χ0v) is 7.68. The second-order valence-electron chi connectivity index (χ2n) is 2.89. The van der Waals surface area contributed by atoms with Crippen molar-refractivity contribution in [2.75, 3.05) is 0 Å². The summed E-state index contributed by atoms with van der Waals surface area (Å²) in [4.78, 5) is 28.3. The Morgan fingerprint density at radius 2 is 2.07 bits per heavy atom. The van der Waals surface area contributed by atoms with Gasteiger partial charge in [-0.15, -0.1) is 4.99 Å². The number of fused-ring (bicyclic) bond motifs is 1. The fraction of sp³-hybridized carbons (Fsp3) is 0. The molecule has 0 atom stereocenters. The van der Waals surface area contributed by atoms with E-state index < -0.39 is 5.91 Å². The van der Waals surface area contributed by atoms with Crippen molar-refractivity contribution in [2.24, 2.45) is 4.99 Å². The first-order chi connectivity index (χ1) is 7.33. The number of benzene rings is 1. The minimum Gasteiger partial charge on any atom is -0.264 e. The smallest absolute Gasteiger partial charge is 0.264 e. The number of nitrogens with zero attached hydrogens (tertiary/aromatic N) is 2. The molecule has 0 unspecified atom stereocenters. The lowest BCUT2D eigenvalue weighted by Crippen LogP contribution is -1.99. The van der Waals surface area contributed by atoms with Gasteiger partial charge in [-0.25, -0.2) is 4.79 Å². The molecule has 0 aliphatic carbocycles. The zero-order chi connectivity index (χ0) is 10.7. The zero-order valence-electron chi connectivity index (χ0n) is 7.68. The molecule has 0 aliphatic rings. The van der Waals surface area contributed by atoms with Gasteiger partial charge in [-0.2, -0.15) is 0 Å². The van der Waals surface area contributed by atoms with Crippen molar-refractivity contribution in [1.29, 1.82) is 0 Å². The maximum atomic E-state index is 11.4. The number of amides is 1. The summed E-state index contributed by atoms with van der Waals surface area (Å²) in [5.74, 6) is -0.665. The Labute approximate surface area is 85.3 Å². The van der Waals surface area contributed by atoms with Crippen LogP contribution in [-0.4, -0.2) is 17.0 Å². The number of carbonyl (C=O) groups is 1. The Morgan fingerprint density at radius 1 is 1.27 bits per heavy atom. The summed E-state index contributed by atoms with van der Waals surface area (Å²) < 4.78 is 0. The van der Waals surface area contributed by atoms with Gasteiger partial charge in [0.05, 0.1) is 0 Å². The van der Waals surface area contributed by atoms with E-state index in [0.29, 0.717) is 5.39 Å². The average molecular weight is 198 g/mol. The van der Waals surface area contributed by atoms with Gasteiger partial charge in [-0.3, -0.25) is 9.78 Å². The van der Waals surface area contributed by atoms with Gasteiger partial charge in [0.25, 0.3) is 0 Å². The molecule has 0 saturated carbocycles. The van der Waals surface area contributed by atoms with Crippen LogP contribution in [0.1, 0.15) is 10.5 Å². The van der Waals surface area contributed by atoms with Gasteiger partial charge in [0, 0.05) is 11.6 Å². The van der Waals surface area contributed by atoms with Gasteiger partial charge in [-0.05, 0) is 11.5 Å². The molecule has 0 fully saturated rings. The van der Waals surface area contributed by atoms with Crippen molar-refractivity contribution in [3.8, 4) is 0 Å². The van der Waals surface area contributed by atoms with Crippen LogP contribution in [0, 0.1) is 0 Å². The van der Waals surface area contributed by atoms with E-state index in [0.717, 1.165) is 5.39 Å². The number of rotatable bonds is 1. The molecular weight excluding hydrogens is 192 g/mol. The van der Waals surface area contributed by atoms with Crippen LogP contribution in [0.2, 0.25) is 0 Å². The summed E-state index contributed by atoms with van der Waals surface area (Å²) >= 11 is 0. The number of hydrogen-bond acceptors (Lipinski definition) is 3. The van der Waals surface area contributed by atoms with Crippen LogP contribution in [0.4, 0.5) is 0 Å². The highest BCUT2D eigenvalue weighted by molar-refractivity contribution is 6.06. The van der Waals surface area contributed by atoms with Crippen molar-refractivity contribution in [3.63, 3.8) is 0 Å². The molecule has 1 aromatic heterocycles. The largest absolute Gasteiger partial charge is 0.306 e. The van der Waals surface area contributed by atoms with Crippen molar-refractivity contribution in [3.05, 3.63) is 42.2 Å². The summed E-state index contributed by atoms with van der Waals surface area (Å²) in [5, 5.41) is 1.57. The van der Waals surface area contributed by atoms with E-state index in [-0.39, 0.29) is 5.69 Å². The second-order valence-corrected chi connectivity index (χ2v) is 2.89. The predicted molar refractivity (Wildman–Crippen MR) is 54.2 cm³/mol. The molecule has 0 saturated heterocycles. The average Bonchev–Trinajstić information content (AvgIpc) is 2.28. The van der Waals surface area contributed by atoms with Gasteiger partial charge < -0.3 is 0 Å². The Hall–Kier alpha value is -2.32. The Bertz CT molecular complexity index is 566.